The van der Waals surface area contributed by atoms with Crippen LogP contribution in [0.2, 0.25) is 0 Å². The van der Waals surface area contributed by atoms with Gasteiger partial charge in [-0.3, -0.25) is 5.41 Å². The van der Waals surface area contributed by atoms with Crippen molar-refractivity contribution >= 4 is 11.5 Å². The molecule has 1 heterocycles. The fourth-order valence-electron chi connectivity index (χ4n) is 1.07. The fraction of sp³-hybridized carbons (Fsp3) is 0.375. The first-order valence-corrected chi connectivity index (χ1v) is 3.53. The number of nitrogen functional groups attached to an aromatic ring is 1. The van der Waals surface area contributed by atoms with Crippen LogP contribution in [0.3, 0.4) is 0 Å². The monoisotopic (exact) mass is 151 g/mol. The highest BCUT2D eigenvalue weighted by Gasteiger charge is 2.05. The lowest BCUT2D eigenvalue weighted by molar-refractivity contribution is 1.04. The summed E-state index contributed by atoms with van der Waals surface area (Å²) in [5.74, 6) is 0.502. The van der Waals surface area contributed by atoms with E-state index in [-0.39, 0.29) is 0 Å². The van der Waals surface area contributed by atoms with Crippen LogP contribution in [0.5, 0.6) is 0 Å². The van der Waals surface area contributed by atoms with Crippen LogP contribution in [-0.4, -0.2) is 10.4 Å². The van der Waals surface area contributed by atoms with Gasteiger partial charge in [0, 0.05) is 11.9 Å². The molecule has 3 heteroatoms. The van der Waals surface area contributed by atoms with E-state index in [1.165, 1.54) is 0 Å². The molecule has 60 valence electrons. The summed E-state index contributed by atoms with van der Waals surface area (Å²) in [6.07, 6.45) is 1.78. The number of hydrogen-bond acceptors (Lipinski definition) is 2. The van der Waals surface area contributed by atoms with Crippen LogP contribution < -0.4 is 5.73 Å². The Morgan fingerprint density at radius 2 is 2.09 bits per heavy atom. The molecule has 1 aromatic heterocycles. The number of anilines is 1. The maximum absolute atomic E-state index is 7.39. The molecule has 0 bridgehead atoms. The van der Waals surface area contributed by atoms with Crippen LogP contribution in [-0.2, 0) is 0 Å². The standard InChI is InChI=1S/C8H13N3/c1-5-6(2)11(7(3)9)4-8(5)10/h4,9H,10H2,1-3H3. The average molecular weight is 151 g/mol. The van der Waals surface area contributed by atoms with Crippen LogP contribution in [0.25, 0.3) is 0 Å². The van der Waals surface area contributed by atoms with E-state index in [4.69, 9.17) is 11.1 Å². The predicted octanol–water partition coefficient (Wildman–Crippen LogP) is 1.53. The van der Waals surface area contributed by atoms with Crippen molar-refractivity contribution in [2.45, 2.75) is 20.8 Å². The summed E-state index contributed by atoms with van der Waals surface area (Å²) in [6.45, 7) is 5.67. The maximum Gasteiger partial charge on any atom is 0.101 e. The third kappa shape index (κ3) is 1.13. The van der Waals surface area contributed by atoms with E-state index in [9.17, 15) is 0 Å². The Morgan fingerprint density at radius 1 is 1.55 bits per heavy atom. The number of rotatable bonds is 0. The van der Waals surface area contributed by atoms with E-state index in [1.807, 2.05) is 13.8 Å². The van der Waals surface area contributed by atoms with Crippen molar-refractivity contribution in [3.63, 3.8) is 0 Å². The zero-order valence-corrected chi connectivity index (χ0v) is 7.10. The first kappa shape index (κ1) is 7.85. The zero-order valence-electron chi connectivity index (χ0n) is 7.10. The summed E-state index contributed by atoms with van der Waals surface area (Å²) in [4.78, 5) is 0. The van der Waals surface area contributed by atoms with Crippen molar-refractivity contribution in [3.8, 4) is 0 Å². The Balaban J connectivity index is 3.29. The van der Waals surface area contributed by atoms with E-state index in [1.54, 1.807) is 17.7 Å². The molecular formula is C8H13N3. The smallest absolute Gasteiger partial charge is 0.101 e. The topological polar surface area (TPSA) is 54.8 Å². The molecule has 3 N–H and O–H groups in total. The minimum Gasteiger partial charge on any atom is -0.397 e. The van der Waals surface area contributed by atoms with Crippen molar-refractivity contribution in [2.75, 3.05) is 5.73 Å². The van der Waals surface area contributed by atoms with Gasteiger partial charge in [-0.05, 0) is 26.3 Å². The van der Waals surface area contributed by atoms with Crippen molar-refractivity contribution in [2.24, 2.45) is 0 Å². The second kappa shape index (κ2) is 2.42. The van der Waals surface area contributed by atoms with Gasteiger partial charge in [0.2, 0.25) is 0 Å². The molecular weight excluding hydrogens is 138 g/mol. The van der Waals surface area contributed by atoms with E-state index in [0.29, 0.717) is 5.84 Å². The molecule has 0 aromatic carbocycles. The summed E-state index contributed by atoms with van der Waals surface area (Å²) in [5.41, 5.74) is 8.54. The van der Waals surface area contributed by atoms with Crippen molar-refractivity contribution in [1.82, 2.24) is 4.57 Å². The summed E-state index contributed by atoms with van der Waals surface area (Å²) >= 11 is 0. The molecule has 0 aliphatic rings. The van der Waals surface area contributed by atoms with Crippen LogP contribution >= 0.6 is 0 Å². The van der Waals surface area contributed by atoms with Gasteiger partial charge in [-0.1, -0.05) is 0 Å². The number of nitrogens with two attached hydrogens (primary N) is 1. The molecule has 1 rings (SSSR count). The highest BCUT2D eigenvalue weighted by atomic mass is 15.0. The Kier molecular flexibility index (Phi) is 1.72. The molecule has 1 aromatic rings. The molecule has 0 fully saturated rings. The summed E-state index contributed by atoms with van der Waals surface area (Å²) in [6, 6.07) is 0. The average Bonchev–Trinajstić information content (AvgIpc) is 2.17. The molecule has 0 aliphatic heterocycles. The molecule has 0 radical (unpaired) electrons. The van der Waals surface area contributed by atoms with E-state index in [0.717, 1.165) is 16.9 Å². The SMILES string of the molecule is CC(=N)n1cc(N)c(C)c1C. The third-order valence-electron chi connectivity index (χ3n) is 1.97. The molecule has 3 nitrogen and oxygen atoms in total. The van der Waals surface area contributed by atoms with Gasteiger partial charge in [-0.25, -0.2) is 0 Å². The number of hydrogen-bond donors (Lipinski definition) is 2. The van der Waals surface area contributed by atoms with Crippen LogP contribution in [0.1, 0.15) is 18.2 Å². The Hall–Kier alpha value is -1.25. The molecule has 0 unspecified atom stereocenters. The maximum atomic E-state index is 7.39. The number of nitrogens with one attached hydrogen (secondary N) is 1. The van der Waals surface area contributed by atoms with E-state index in [2.05, 4.69) is 0 Å². The Bertz CT molecular complexity index is 297. The normalized spacial score (nSPS) is 10.1. The predicted molar refractivity (Wildman–Crippen MR) is 47.1 cm³/mol. The van der Waals surface area contributed by atoms with Gasteiger partial charge < -0.3 is 10.3 Å². The number of aromatic nitrogens is 1. The van der Waals surface area contributed by atoms with Gasteiger partial charge in [0.1, 0.15) is 5.84 Å². The highest BCUT2D eigenvalue weighted by molar-refractivity contribution is 5.81. The molecule has 11 heavy (non-hydrogen) atoms. The summed E-state index contributed by atoms with van der Waals surface area (Å²) < 4.78 is 1.78. The largest absolute Gasteiger partial charge is 0.397 e. The van der Waals surface area contributed by atoms with Gasteiger partial charge in [-0.2, -0.15) is 0 Å². The first-order chi connectivity index (χ1) is 5.04. The fourth-order valence-corrected chi connectivity index (χ4v) is 1.07. The van der Waals surface area contributed by atoms with Gasteiger partial charge >= 0.3 is 0 Å². The molecule has 0 saturated heterocycles. The molecule has 0 atom stereocenters. The van der Waals surface area contributed by atoms with E-state index < -0.39 is 0 Å². The van der Waals surface area contributed by atoms with Gasteiger partial charge in [0.25, 0.3) is 0 Å². The first-order valence-electron chi connectivity index (χ1n) is 3.53. The zero-order chi connectivity index (χ0) is 8.59. The third-order valence-corrected chi connectivity index (χ3v) is 1.97. The summed E-state index contributed by atoms with van der Waals surface area (Å²) in [7, 11) is 0. The van der Waals surface area contributed by atoms with Crippen LogP contribution in [0, 0.1) is 19.3 Å². The van der Waals surface area contributed by atoms with E-state index >= 15 is 0 Å². The summed E-state index contributed by atoms with van der Waals surface area (Å²) in [5, 5.41) is 7.39. The minimum atomic E-state index is 0.502. The number of nitrogens with zero attached hydrogens (tertiary/aromatic N) is 1. The highest BCUT2D eigenvalue weighted by Crippen LogP contribution is 2.16. The lowest BCUT2D eigenvalue weighted by atomic mass is 10.2. The minimum absolute atomic E-state index is 0.502. The van der Waals surface area contributed by atoms with Crippen LogP contribution in [0.15, 0.2) is 6.20 Å². The van der Waals surface area contributed by atoms with Crippen molar-refractivity contribution in [3.05, 3.63) is 17.5 Å². The lowest BCUT2D eigenvalue weighted by Crippen LogP contribution is -2.05. The Morgan fingerprint density at radius 3 is 2.27 bits per heavy atom. The lowest BCUT2D eigenvalue weighted by Gasteiger charge is -2.01. The second-order valence-corrected chi connectivity index (χ2v) is 2.75. The van der Waals surface area contributed by atoms with Crippen LogP contribution in [0.4, 0.5) is 5.69 Å². The van der Waals surface area contributed by atoms with Crippen molar-refractivity contribution in [1.29, 1.82) is 5.41 Å². The molecule has 0 spiro atoms. The Labute approximate surface area is 66.3 Å². The van der Waals surface area contributed by atoms with Crippen molar-refractivity contribution < 1.29 is 0 Å². The van der Waals surface area contributed by atoms with Gasteiger partial charge in [0.05, 0.1) is 5.69 Å². The molecule has 0 amide bonds. The van der Waals surface area contributed by atoms with Gasteiger partial charge in [-0.15, -0.1) is 0 Å². The second-order valence-electron chi connectivity index (χ2n) is 2.75. The molecule has 0 saturated carbocycles. The molecule has 0 aliphatic carbocycles. The van der Waals surface area contributed by atoms with Gasteiger partial charge in [0.15, 0.2) is 0 Å². The quantitative estimate of drug-likeness (QED) is 0.429.